The van der Waals surface area contributed by atoms with E-state index in [2.05, 4.69) is 26.7 Å². The van der Waals surface area contributed by atoms with E-state index < -0.39 is 0 Å². The van der Waals surface area contributed by atoms with Crippen LogP contribution in [0.3, 0.4) is 0 Å². The fourth-order valence-corrected chi connectivity index (χ4v) is 4.46. The minimum absolute atomic E-state index is 0.138. The van der Waals surface area contributed by atoms with E-state index in [1.165, 1.54) is 0 Å². The third-order valence-electron chi connectivity index (χ3n) is 6.19. The summed E-state index contributed by atoms with van der Waals surface area (Å²) in [5.41, 5.74) is 4.21. The van der Waals surface area contributed by atoms with Crippen LogP contribution >= 0.6 is 11.6 Å². The number of aromatic nitrogens is 4. The Morgan fingerprint density at radius 2 is 1.84 bits per heavy atom. The standard InChI is InChI=1S/C29H27ClN6O/c1-35(2)18-27(20-9-11-25(30)12-10-20)32-29(37)26-6-4-3-5-24(26)17-36-19-28(33-34-36)22-7-8-23-16-31-14-13-21(23)15-22/h3-16,19,27H,17-18H2,1-2H3,(H,32,37). The summed E-state index contributed by atoms with van der Waals surface area (Å²) in [6.45, 7) is 1.08. The zero-order valence-corrected chi connectivity index (χ0v) is 21.4. The molecule has 0 aliphatic carbocycles. The highest BCUT2D eigenvalue weighted by atomic mass is 35.5. The Morgan fingerprint density at radius 1 is 1.03 bits per heavy atom. The first-order valence-electron chi connectivity index (χ1n) is 12.0. The number of hydrogen-bond donors (Lipinski definition) is 1. The van der Waals surface area contributed by atoms with Gasteiger partial charge in [-0.25, -0.2) is 4.68 Å². The van der Waals surface area contributed by atoms with Crippen molar-refractivity contribution in [3.63, 3.8) is 0 Å². The summed E-state index contributed by atoms with van der Waals surface area (Å²) in [7, 11) is 3.97. The summed E-state index contributed by atoms with van der Waals surface area (Å²) in [4.78, 5) is 19.6. The van der Waals surface area contributed by atoms with E-state index in [1.807, 2.05) is 98.1 Å². The van der Waals surface area contributed by atoms with Gasteiger partial charge in [0, 0.05) is 40.5 Å². The molecule has 186 valence electrons. The molecular formula is C29H27ClN6O. The van der Waals surface area contributed by atoms with Crippen molar-refractivity contribution in [3.8, 4) is 11.3 Å². The van der Waals surface area contributed by atoms with E-state index in [-0.39, 0.29) is 11.9 Å². The molecule has 3 aromatic carbocycles. The summed E-state index contributed by atoms with van der Waals surface area (Å²) in [5, 5.41) is 14.7. The van der Waals surface area contributed by atoms with Gasteiger partial charge < -0.3 is 10.2 Å². The van der Waals surface area contributed by atoms with Crippen molar-refractivity contribution >= 4 is 28.3 Å². The summed E-state index contributed by atoms with van der Waals surface area (Å²) >= 11 is 6.07. The number of amides is 1. The van der Waals surface area contributed by atoms with Crippen LogP contribution in [0.1, 0.15) is 27.5 Å². The number of rotatable bonds is 8. The molecule has 7 nitrogen and oxygen atoms in total. The van der Waals surface area contributed by atoms with Crippen molar-refractivity contribution in [1.29, 1.82) is 0 Å². The number of halogens is 1. The van der Waals surface area contributed by atoms with Crippen molar-refractivity contribution in [2.45, 2.75) is 12.6 Å². The first-order valence-corrected chi connectivity index (χ1v) is 12.4. The molecule has 8 heteroatoms. The number of fused-ring (bicyclic) bond motifs is 1. The predicted octanol–water partition coefficient (Wildman–Crippen LogP) is 5.23. The molecule has 1 amide bonds. The second-order valence-corrected chi connectivity index (χ2v) is 9.67. The average Bonchev–Trinajstić information content (AvgIpc) is 3.37. The van der Waals surface area contributed by atoms with Gasteiger partial charge in [0.2, 0.25) is 0 Å². The lowest BCUT2D eigenvalue weighted by molar-refractivity contribution is 0.0929. The largest absolute Gasteiger partial charge is 0.344 e. The van der Waals surface area contributed by atoms with Crippen LogP contribution in [0.4, 0.5) is 0 Å². The van der Waals surface area contributed by atoms with Crippen molar-refractivity contribution in [1.82, 2.24) is 30.2 Å². The normalized spacial score (nSPS) is 12.1. The lowest BCUT2D eigenvalue weighted by atomic mass is 10.0. The van der Waals surface area contributed by atoms with Crippen LogP contribution in [-0.4, -0.2) is 51.4 Å². The molecule has 0 aliphatic rings. The summed E-state index contributed by atoms with van der Waals surface area (Å²) in [5.74, 6) is -0.138. The number of likely N-dealkylation sites (N-methyl/N-ethyl adjacent to an activating group) is 1. The fraction of sp³-hybridized carbons (Fsp3) is 0.172. The van der Waals surface area contributed by atoms with E-state index in [9.17, 15) is 4.79 Å². The monoisotopic (exact) mass is 510 g/mol. The van der Waals surface area contributed by atoms with Gasteiger partial charge in [-0.05, 0) is 60.9 Å². The highest BCUT2D eigenvalue weighted by Crippen LogP contribution is 2.23. The fourth-order valence-electron chi connectivity index (χ4n) is 4.34. The van der Waals surface area contributed by atoms with Crippen molar-refractivity contribution in [2.75, 3.05) is 20.6 Å². The lowest BCUT2D eigenvalue weighted by Gasteiger charge is -2.23. The Labute approximate surface area is 220 Å². The van der Waals surface area contributed by atoms with E-state index in [1.54, 1.807) is 10.9 Å². The van der Waals surface area contributed by atoms with Gasteiger partial charge in [-0.15, -0.1) is 5.10 Å². The second kappa shape index (κ2) is 10.9. The van der Waals surface area contributed by atoms with Gasteiger partial charge >= 0.3 is 0 Å². The number of pyridine rings is 1. The van der Waals surface area contributed by atoms with Crippen LogP contribution in [0, 0.1) is 0 Å². The van der Waals surface area contributed by atoms with Gasteiger partial charge in [0.1, 0.15) is 5.69 Å². The molecule has 1 atom stereocenters. The molecule has 1 N–H and O–H groups in total. The Balaban J connectivity index is 1.36. The average molecular weight is 511 g/mol. The molecule has 5 aromatic rings. The zero-order chi connectivity index (χ0) is 25.8. The maximum Gasteiger partial charge on any atom is 0.252 e. The van der Waals surface area contributed by atoms with Gasteiger partial charge in [-0.3, -0.25) is 9.78 Å². The first kappa shape index (κ1) is 24.6. The number of nitrogens with one attached hydrogen (secondary N) is 1. The summed E-state index contributed by atoms with van der Waals surface area (Å²) < 4.78 is 1.76. The van der Waals surface area contributed by atoms with E-state index in [4.69, 9.17) is 11.6 Å². The van der Waals surface area contributed by atoms with E-state index >= 15 is 0 Å². The Hall–Kier alpha value is -4.07. The van der Waals surface area contributed by atoms with Gasteiger partial charge in [-0.1, -0.05) is 59.3 Å². The van der Waals surface area contributed by atoms with Crippen molar-refractivity contribution in [2.24, 2.45) is 0 Å². The molecule has 1 unspecified atom stereocenters. The van der Waals surface area contributed by atoms with Crippen molar-refractivity contribution < 1.29 is 4.79 Å². The van der Waals surface area contributed by atoms with Crippen LogP contribution in [0.25, 0.3) is 22.0 Å². The van der Waals surface area contributed by atoms with Gasteiger partial charge in [0.25, 0.3) is 5.91 Å². The Morgan fingerprint density at radius 3 is 2.65 bits per heavy atom. The van der Waals surface area contributed by atoms with Crippen LogP contribution in [0.15, 0.2) is 91.4 Å². The number of benzene rings is 3. The first-order chi connectivity index (χ1) is 18.0. The molecule has 0 fully saturated rings. The zero-order valence-electron chi connectivity index (χ0n) is 20.7. The number of carbonyl (C=O) groups is 1. The maximum atomic E-state index is 13.4. The van der Waals surface area contributed by atoms with Gasteiger partial charge in [0.05, 0.1) is 18.8 Å². The number of hydrogen-bond acceptors (Lipinski definition) is 5. The summed E-state index contributed by atoms with van der Waals surface area (Å²) in [6.07, 6.45) is 5.52. The van der Waals surface area contributed by atoms with Gasteiger partial charge in [0.15, 0.2) is 0 Å². The smallest absolute Gasteiger partial charge is 0.252 e. The second-order valence-electron chi connectivity index (χ2n) is 9.24. The highest BCUT2D eigenvalue weighted by molar-refractivity contribution is 6.30. The van der Waals surface area contributed by atoms with Crippen LogP contribution in [0.5, 0.6) is 0 Å². The Bertz CT molecular complexity index is 1530. The van der Waals surface area contributed by atoms with E-state index in [0.29, 0.717) is 23.7 Å². The molecule has 2 heterocycles. The minimum Gasteiger partial charge on any atom is -0.344 e. The quantitative estimate of drug-likeness (QED) is 0.309. The van der Waals surface area contributed by atoms with Crippen LogP contribution < -0.4 is 5.32 Å². The third kappa shape index (κ3) is 5.85. The topological polar surface area (TPSA) is 75.9 Å². The third-order valence-corrected chi connectivity index (χ3v) is 6.45. The number of nitrogens with zero attached hydrogens (tertiary/aromatic N) is 5. The highest BCUT2D eigenvalue weighted by Gasteiger charge is 2.19. The van der Waals surface area contributed by atoms with Crippen molar-refractivity contribution in [3.05, 3.63) is 113 Å². The Kier molecular flexibility index (Phi) is 7.25. The van der Waals surface area contributed by atoms with Gasteiger partial charge in [-0.2, -0.15) is 0 Å². The van der Waals surface area contributed by atoms with Crippen LogP contribution in [0.2, 0.25) is 5.02 Å². The number of carbonyl (C=O) groups excluding carboxylic acids is 1. The van der Waals surface area contributed by atoms with E-state index in [0.717, 1.165) is 33.2 Å². The molecule has 0 saturated heterocycles. The molecule has 0 bridgehead atoms. The minimum atomic E-state index is -0.186. The maximum absolute atomic E-state index is 13.4. The predicted molar refractivity (Wildman–Crippen MR) is 147 cm³/mol. The SMILES string of the molecule is CN(C)CC(NC(=O)c1ccccc1Cn1cc(-c2ccc3cnccc3c2)nn1)c1ccc(Cl)cc1. The molecule has 5 rings (SSSR count). The summed E-state index contributed by atoms with van der Waals surface area (Å²) in [6, 6.07) is 23.1. The lowest BCUT2D eigenvalue weighted by Crippen LogP contribution is -2.35. The molecule has 0 aliphatic heterocycles. The van der Waals surface area contributed by atoms with Crippen LogP contribution in [-0.2, 0) is 6.54 Å². The molecular weight excluding hydrogens is 484 g/mol. The molecule has 0 radical (unpaired) electrons. The molecule has 0 saturated carbocycles. The molecule has 2 aromatic heterocycles. The molecule has 0 spiro atoms. The molecule has 37 heavy (non-hydrogen) atoms.